The van der Waals surface area contributed by atoms with Gasteiger partial charge in [-0.2, -0.15) is 0 Å². The molecule has 0 bridgehead atoms. The van der Waals surface area contributed by atoms with Crippen molar-refractivity contribution in [2.45, 2.75) is 19.3 Å². The van der Waals surface area contributed by atoms with Gasteiger partial charge in [-0.3, -0.25) is 9.59 Å². The second-order valence-electron chi connectivity index (χ2n) is 5.17. The third-order valence-corrected chi connectivity index (χ3v) is 4.49. The fourth-order valence-electron chi connectivity index (χ4n) is 2.59. The van der Waals surface area contributed by atoms with Gasteiger partial charge < -0.3 is 10.2 Å². The van der Waals surface area contributed by atoms with E-state index >= 15 is 0 Å². The third-order valence-electron chi connectivity index (χ3n) is 3.78. The predicted molar refractivity (Wildman–Crippen MR) is 83.5 cm³/mol. The molecule has 1 atom stereocenters. The maximum atomic E-state index is 12.4. The van der Waals surface area contributed by atoms with Crippen molar-refractivity contribution in [2.75, 3.05) is 20.1 Å². The molecule has 1 fully saturated rings. The first kappa shape index (κ1) is 16.1. The Morgan fingerprint density at radius 3 is 2.62 bits per heavy atom. The van der Waals surface area contributed by atoms with E-state index in [0.717, 1.165) is 12.8 Å². The van der Waals surface area contributed by atoms with Crippen molar-refractivity contribution >= 4 is 35.0 Å². The number of amides is 2. The first-order chi connectivity index (χ1) is 10.0. The molecule has 1 aromatic rings. The van der Waals surface area contributed by atoms with Crippen LogP contribution in [0.4, 0.5) is 0 Å². The minimum absolute atomic E-state index is 0.0109. The molecule has 1 N–H and O–H groups in total. The molecule has 1 heterocycles. The normalized spacial score (nSPS) is 18.4. The smallest absolute Gasteiger partial charge is 0.227 e. The lowest BCUT2D eigenvalue weighted by molar-refractivity contribution is -0.135. The van der Waals surface area contributed by atoms with E-state index in [1.165, 1.54) is 0 Å². The van der Waals surface area contributed by atoms with E-state index in [2.05, 4.69) is 5.32 Å². The number of nitrogens with one attached hydrogen (secondary N) is 1. The van der Waals surface area contributed by atoms with Crippen LogP contribution in [0.3, 0.4) is 0 Å². The first-order valence-corrected chi connectivity index (χ1v) is 7.70. The molecule has 1 aliphatic heterocycles. The quantitative estimate of drug-likeness (QED) is 0.926. The number of piperidine rings is 1. The summed E-state index contributed by atoms with van der Waals surface area (Å²) >= 11 is 12.2. The average Bonchev–Trinajstić information content (AvgIpc) is 2.50. The summed E-state index contributed by atoms with van der Waals surface area (Å²) in [6.45, 7) is 1.13. The van der Waals surface area contributed by atoms with Gasteiger partial charge in [-0.15, -0.1) is 0 Å². The van der Waals surface area contributed by atoms with Gasteiger partial charge in [-0.1, -0.05) is 29.3 Å². The molecule has 1 aromatic carbocycles. The van der Waals surface area contributed by atoms with E-state index in [0.29, 0.717) is 28.7 Å². The van der Waals surface area contributed by atoms with Crippen LogP contribution >= 0.6 is 23.2 Å². The maximum Gasteiger partial charge on any atom is 0.227 e. The number of likely N-dealkylation sites (tertiary alicyclic amines) is 1. The van der Waals surface area contributed by atoms with Gasteiger partial charge in [0, 0.05) is 30.2 Å². The van der Waals surface area contributed by atoms with Crippen molar-refractivity contribution < 1.29 is 9.59 Å². The van der Waals surface area contributed by atoms with E-state index in [4.69, 9.17) is 23.2 Å². The zero-order valence-electron chi connectivity index (χ0n) is 11.9. The zero-order valence-corrected chi connectivity index (χ0v) is 13.4. The van der Waals surface area contributed by atoms with Gasteiger partial charge in [-0.25, -0.2) is 0 Å². The predicted octanol–water partition coefficient (Wildman–Crippen LogP) is 2.52. The van der Waals surface area contributed by atoms with Crippen LogP contribution in [0, 0.1) is 5.92 Å². The van der Waals surface area contributed by atoms with Gasteiger partial charge in [0.1, 0.15) is 0 Å². The lowest BCUT2D eigenvalue weighted by Crippen LogP contribution is -2.45. The Kier molecular flexibility index (Phi) is 5.48. The number of rotatable bonds is 3. The Labute approximate surface area is 134 Å². The van der Waals surface area contributed by atoms with Crippen LogP contribution in [-0.4, -0.2) is 36.9 Å². The van der Waals surface area contributed by atoms with Crippen LogP contribution in [0.1, 0.15) is 18.4 Å². The third kappa shape index (κ3) is 3.89. The lowest BCUT2D eigenvalue weighted by Gasteiger charge is -2.32. The standard InChI is InChI=1S/C15H18Cl2N2O2/c1-18-15(21)10-4-3-7-19(9-10)14(20)8-11-12(16)5-2-6-13(11)17/h2,5-6,10H,3-4,7-9H2,1H3,(H,18,21). The minimum atomic E-state index is -0.130. The number of hydrogen-bond acceptors (Lipinski definition) is 2. The molecule has 0 aromatic heterocycles. The maximum absolute atomic E-state index is 12.4. The number of hydrogen-bond donors (Lipinski definition) is 1. The summed E-state index contributed by atoms with van der Waals surface area (Å²) in [5.41, 5.74) is 0.646. The molecule has 21 heavy (non-hydrogen) atoms. The first-order valence-electron chi connectivity index (χ1n) is 6.95. The second kappa shape index (κ2) is 7.14. The molecule has 0 aliphatic carbocycles. The van der Waals surface area contributed by atoms with Crippen molar-refractivity contribution in [2.24, 2.45) is 5.92 Å². The summed E-state index contributed by atoms with van der Waals surface area (Å²) < 4.78 is 0. The summed E-state index contributed by atoms with van der Waals surface area (Å²) in [5, 5.41) is 3.64. The molecule has 0 radical (unpaired) electrons. The Morgan fingerprint density at radius 1 is 1.33 bits per heavy atom. The van der Waals surface area contributed by atoms with E-state index in [1.807, 2.05) is 0 Å². The Hall–Kier alpha value is -1.26. The topological polar surface area (TPSA) is 49.4 Å². The molecule has 0 saturated carbocycles. The molecule has 4 nitrogen and oxygen atoms in total. The van der Waals surface area contributed by atoms with Crippen molar-refractivity contribution in [3.05, 3.63) is 33.8 Å². The van der Waals surface area contributed by atoms with Gasteiger partial charge in [0.15, 0.2) is 0 Å². The van der Waals surface area contributed by atoms with Gasteiger partial charge in [-0.05, 0) is 30.5 Å². The van der Waals surface area contributed by atoms with Gasteiger partial charge in [0.05, 0.1) is 12.3 Å². The number of carbonyl (C=O) groups is 2. The second-order valence-corrected chi connectivity index (χ2v) is 5.98. The van der Waals surface area contributed by atoms with Crippen molar-refractivity contribution in [3.63, 3.8) is 0 Å². The van der Waals surface area contributed by atoms with E-state index < -0.39 is 0 Å². The molecule has 1 unspecified atom stereocenters. The SMILES string of the molecule is CNC(=O)C1CCCN(C(=O)Cc2c(Cl)cccc2Cl)C1. The minimum Gasteiger partial charge on any atom is -0.359 e. The van der Waals surface area contributed by atoms with E-state index in [1.54, 1.807) is 30.1 Å². The number of halogens is 2. The molecule has 1 saturated heterocycles. The van der Waals surface area contributed by atoms with Crippen LogP contribution in [0.15, 0.2) is 18.2 Å². The zero-order chi connectivity index (χ0) is 15.4. The number of carbonyl (C=O) groups excluding carboxylic acids is 2. The Balaban J connectivity index is 2.05. The Morgan fingerprint density at radius 2 is 2.00 bits per heavy atom. The fourth-order valence-corrected chi connectivity index (χ4v) is 3.12. The Bertz CT molecular complexity index is 528. The summed E-state index contributed by atoms with van der Waals surface area (Å²) in [7, 11) is 1.62. The summed E-state index contributed by atoms with van der Waals surface area (Å²) in [6, 6.07) is 5.19. The van der Waals surface area contributed by atoms with Crippen LogP contribution in [0.5, 0.6) is 0 Å². The summed E-state index contributed by atoms with van der Waals surface area (Å²) in [6.07, 6.45) is 1.81. The highest BCUT2D eigenvalue weighted by atomic mass is 35.5. The molecule has 2 amide bonds. The van der Waals surface area contributed by atoms with Crippen molar-refractivity contribution in [1.29, 1.82) is 0 Å². The highest BCUT2D eigenvalue weighted by Gasteiger charge is 2.28. The van der Waals surface area contributed by atoms with Gasteiger partial charge >= 0.3 is 0 Å². The number of nitrogens with zero attached hydrogens (tertiary/aromatic N) is 1. The van der Waals surface area contributed by atoms with Crippen LogP contribution in [0.25, 0.3) is 0 Å². The molecular formula is C15H18Cl2N2O2. The van der Waals surface area contributed by atoms with Gasteiger partial charge in [0.2, 0.25) is 11.8 Å². The van der Waals surface area contributed by atoms with Gasteiger partial charge in [0.25, 0.3) is 0 Å². The molecular weight excluding hydrogens is 311 g/mol. The van der Waals surface area contributed by atoms with Crippen LogP contribution < -0.4 is 5.32 Å². The summed E-state index contributed by atoms with van der Waals surface area (Å²) in [4.78, 5) is 25.8. The molecule has 2 rings (SSSR count). The van der Waals surface area contributed by atoms with Crippen molar-refractivity contribution in [1.82, 2.24) is 10.2 Å². The van der Waals surface area contributed by atoms with Crippen molar-refractivity contribution in [3.8, 4) is 0 Å². The van der Waals surface area contributed by atoms with E-state index in [-0.39, 0.29) is 24.2 Å². The molecule has 1 aliphatic rings. The highest BCUT2D eigenvalue weighted by Crippen LogP contribution is 2.26. The molecule has 114 valence electrons. The highest BCUT2D eigenvalue weighted by molar-refractivity contribution is 6.36. The largest absolute Gasteiger partial charge is 0.359 e. The molecule has 0 spiro atoms. The molecule has 6 heteroatoms. The monoisotopic (exact) mass is 328 g/mol. The van der Waals surface area contributed by atoms with Crippen LogP contribution in [-0.2, 0) is 16.0 Å². The summed E-state index contributed by atoms with van der Waals surface area (Å²) in [5.74, 6) is -0.184. The fraction of sp³-hybridized carbons (Fsp3) is 0.467. The number of benzene rings is 1. The van der Waals surface area contributed by atoms with E-state index in [9.17, 15) is 9.59 Å². The van der Waals surface area contributed by atoms with Crippen LogP contribution in [0.2, 0.25) is 10.0 Å². The average molecular weight is 329 g/mol. The lowest BCUT2D eigenvalue weighted by atomic mass is 9.96.